The fourth-order valence-corrected chi connectivity index (χ4v) is 3.47. The summed E-state index contributed by atoms with van der Waals surface area (Å²) >= 11 is 1.94. The van der Waals surface area contributed by atoms with Crippen LogP contribution in [0.25, 0.3) is 0 Å². The standard InChI is InChI=1S/C14H27N3O2S/c1-15-13(16-10-12-4-3-7-19-12)17-11-14(20-2)5-8-18-9-6-14/h12H,3-11H2,1-2H3,(H2,15,16,17). The summed E-state index contributed by atoms with van der Waals surface area (Å²) in [7, 11) is 1.82. The summed E-state index contributed by atoms with van der Waals surface area (Å²) < 4.78 is 11.4. The number of guanidine groups is 1. The lowest BCUT2D eigenvalue weighted by Crippen LogP contribution is -2.49. The van der Waals surface area contributed by atoms with Crippen LogP contribution in [0, 0.1) is 0 Å². The van der Waals surface area contributed by atoms with Crippen molar-refractivity contribution in [1.82, 2.24) is 10.6 Å². The molecule has 2 aliphatic heterocycles. The summed E-state index contributed by atoms with van der Waals surface area (Å²) in [5.41, 5.74) is 0. The van der Waals surface area contributed by atoms with Gasteiger partial charge in [0, 0.05) is 44.7 Å². The molecule has 2 heterocycles. The van der Waals surface area contributed by atoms with Gasteiger partial charge < -0.3 is 20.1 Å². The second-order valence-corrected chi connectivity index (χ2v) is 6.72. The Labute approximate surface area is 126 Å². The normalized spacial score (nSPS) is 26.5. The van der Waals surface area contributed by atoms with Crippen molar-refractivity contribution >= 4 is 17.7 Å². The number of nitrogens with zero attached hydrogens (tertiary/aromatic N) is 1. The van der Waals surface area contributed by atoms with E-state index in [4.69, 9.17) is 9.47 Å². The number of nitrogens with one attached hydrogen (secondary N) is 2. The first-order valence-corrected chi connectivity index (χ1v) is 8.69. The quantitative estimate of drug-likeness (QED) is 0.591. The average Bonchev–Trinajstić information content (AvgIpc) is 3.02. The van der Waals surface area contributed by atoms with Gasteiger partial charge in [-0.3, -0.25) is 4.99 Å². The summed E-state index contributed by atoms with van der Waals surface area (Å²) in [5, 5.41) is 6.83. The van der Waals surface area contributed by atoms with E-state index in [9.17, 15) is 0 Å². The Morgan fingerprint density at radius 3 is 2.70 bits per heavy atom. The maximum absolute atomic E-state index is 5.62. The number of aliphatic imine (C=N–C) groups is 1. The Hall–Kier alpha value is -0.460. The van der Waals surface area contributed by atoms with Crippen LogP contribution in [0.5, 0.6) is 0 Å². The van der Waals surface area contributed by atoms with Crippen LogP contribution in [0.4, 0.5) is 0 Å². The first kappa shape index (κ1) is 15.9. The Morgan fingerprint density at radius 2 is 2.10 bits per heavy atom. The smallest absolute Gasteiger partial charge is 0.191 e. The molecular formula is C14H27N3O2S. The second kappa shape index (κ2) is 8.10. The number of rotatable bonds is 5. The zero-order valence-corrected chi connectivity index (χ0v) is 13.4. The molecule has 0 bridgehead atoms. The van der Waals surface area contributed by atoms with Crippen molar-refractivity contribution in [2.75, 3.05) is 46.2 Å². The fourth-order valence-electron chi connectivity index (χ4n) is 2.68. The van der Waals surface area contributed by atoms with Crippen molar-refractivity contribution in [1.29, 1.82) is 0 Å². The third kappa shape index (κ3) is 4.53. The largest absolute Gasteiger partial charge is 0.381 e. The van der Waals surface area contributed by atoms with Crippen molar-refractivity contribution in [2.45, 2.75) is 36.5 Å². The van der Waals surface area contributed by atoms with Crippen molar-refractivity contribution < 1.29 is 9.47 Å². The molecule has 2 fully saturated rings. The zero-order chi connectivity index (χ0) is 14.3. The van der Waals surface area contributed by atoms with E-state index in [1.54, 1.807) is 0 Å². The first-order chi connectivity index (χ1) is 9.78. The van der Waals surface area contributed by atoms with Gasteiger partial charge in [0.25, 0.3) is 0 Å². The van der Waals surface area contributed by atoms with Crippen LogP contribution < -0.4 is 10.6 Å². The Bertz CT molecular complexity index is 314. The van der Waals surface area contributed by atoms with Gasteiger partial charge in [0.15, 0.2) is 5.96 Å². The molecule has 2 rings (SSSR count). The SMILES string of the molecule is CN=C(NCC1CCCO1)NCC1(SC)CCOCC1. The van der Waals surface area contributed by atoms with Gasteiger partial charge in [0.05, 0.1) is 6.10 Å². The minimum absolute atomic E-state index is 0.278. The van der Waals surface area contributed by atoms with E-state index < -0.39 is 0 Å². The lowest BCUT2D eigenvalue weighted by atomic mass is 9.99. The van der Waals surface area contributed by atoms with Crippen LogP contribution in [0.1, 0.15) is 25.7 Å². The highest BCUT2D eigenvalue weighted by Gasteiger charge is 2.31. The lowest BCUT2D eigenvalue weighted by Gasteiger charge is -2.36. The van der Waals surface area contributed by atoms with Crippen LogP contribution in [0.2, 0.25) is 0 Å². The molecule has 1 unspecified atom stereocenters. The van der Waals surface area contributed by atoms with Gasteiger partial charge in [-0.1, -0.05) is 0 Å². The van der Waals surface area contributed by atoms with Gasteiger partial charge in [-0.05, 0) is 31.9 Å². The second-order valence-electron chi connectivity index (χ2n) is 5.44. The molecule has 116 valence electrons. The van der Waals surface area contributed by atoms with E-state index in [0.29, 0.717) is 6.10 Å². The van der Waals surface area contributed by atoms with Gasteiger partial charge in [0.1, 0.15) is 0 Å². The van der Waals surface area contributed by atoms with Crippen LogP contribution in [0.15, 0.2) is 4.99 Å². The zero-order valence-electron chi connectivity index (χ0n) is 12.6. The Balaban J connectivity index is 1.74. The summed E-state index contributed by atoms with van der Waals surface area (Å²) in [6.07, 6.45) is 7.05. The third-order valence-electron chi connectivity index (χ3n) is 4.16. The van der Waals surface area contributed by atoms with E-state index in [0.717, 1.165) is 58.1 Å². The number of ether oxygens (including phenoxy) is 2. The number of hydrogen-bond donors (Lipinski definition) is 2. The maximum Gasteiger partial charge on any atom is 0.191 e. The number of thioether (sulfide) groups is 1. The lowest BCUT2D eigenvalue weighted by molar-refractivity contribution is 0.0782. The van der Waals surface area contributed by atoms with Crippen molar-refractivity contribution in [3.63, 3.8) is 0 Å². The predicted molar refractivity (Wildman–Crippen MR) is 84.6 cm³/mol. The van der Waals surface area contributed by atoms with Gasteiger partial charge in [-0.15, -0.1) is 0 Å². The molecule has 0 radical (unpaired) electrons. The van der Waals surface area contributed by atoms with Gasteiger partial charge in [-0.2, -0.15) is 11.8 Å². The van der Waals surface area contributed by atoms with E-state index in [2.05, 4.69) is 21.9 Å². The molecule has 6 heteroatoms. The van der Waals surface area contributed by atoms with Crippen molar-refractivity contribution in [3.8, 4) is 0 Å². The van der Waals surface area contributed by atoms with Crippen molar-refractivity contribution in [2.24, 2.45) is 4.99 Å². The van der Waals surface area contributed by atoms with Crippen LogP contribution in [0.3, 0.4) is 0 Å². The fraction of sp³-hybridized carbons (Fsp3) is 0.929. The summed E-state index contributed by atoms with van der Waals surface area (Å²) in [6.45, 7) is 4.40. The van der Waals surface area contributed by atoms with Crippen LogP contribution in [-0.2, 0) is 9.47 Å². The van der Waals surface area contributed by atoms with Gasteiger partial charge in [0.2, 0.25) is 0 Å². The maximum atomic E-state index is 5.62. The third-order valence-corrected chi connectivity index (χ3v) is 5.58. The van der Waals surface area contributed by atoms with E-state index in [-0.39, 0.29) is 4.75 Å². The van der Waals surface area contributed by atoms with E-state index >= 15 is 0 Å². The molecular weight excluding hydrogens is 274 g/mol. The molecule has 5 nitrogen and oxygen atoms in total. The Morgan fingerprint density at radius 1 is 1.30 bits per heavy atom. The van der Waals surface area contributed by atoms with E-state index in [1.807, 2.05) is 18.8 Å². The average molecular weight is 301 g/mol. The van der Waals surface area contributed by atoms with E-state index in [1.165, 1.54) is 6.42 Å². The molecule has 0 amide bonds. The van der Waals surface area contributed by atoms with Crippen LogP contribution in [-0.4, -0.2) is 63.0 Å². The topological polar surface area (TPSA) is 54.9 Å². The van der Waals surface area contributed by atoms with Crippen molar-refractivity contribution in [3.05, 3.63) is 0 Å². The van der Waals surface area contributed by atoms with Gasteiger partial charge in [-0.25, -0.2) is 0 Å². The molecule has 0 aliphatic carbocycles. The molecule has 0 saturated carbocycles. The molecule has 0 spiro atoms. The Kier molecular flexibility index (Phi) is 6.45. The summed E-state index contributed by atoms with van der Waals surface area (Å²) in [4.78, 5) is 4.30. The monoisotopic (exact) mass is 301 g/mol. The molecule has 1 atom stereocenters. The molecule has 0 aromatic carbocycles. The summed E-state index contributed by atoms with van der Waals surface area (Å²) in [6, 6.07) is 0. The molecule has 2 aliphatic rings. The minimum atomic E-state index is 0.278. The number of hydrogen-bond acceptors (Lipinski definition) is 4. The molecule has 20 heavy (non-hydrogen) atoms. The first-order valence-electron chi connectivity index (χ1n) is 7.47. The summed E-state index contributed by atoms with van der Waals surface area (Å²) in [5.74, 6) is 0.875. The highest BCUT2D eigenvalue weighted by atomic mass is 32.2. The van der Waals surface area contributed by atoms with Crippen LogP contribution >= 0.6 is 11.8 Å². The van der Waals surface area contributed by atoms with Gasteiger partial charge >= 0.3 is 0 Å². The molecule has 2 saturated heterocycles. The molecule has 0 aromatic rings. The minimum Gasteiger partial charge on any atom is -0.381 e. The molecule has 2 N–H and O–H groups in total. The predicted octanol–water partition coefficient (Wildman–Crippen LogP) is 1.24. The molecule has 0 aromatic heterocycles. The highest BCUT2D eigenvalue weighted by Crippen LogP contribution is 2.32. The highest BCUT2D eigenvalue weighted by molar-refractivity contribution is 8.00.